The van der Waals surface area contributed by atoms with E-state index >= 15 is 0 Å². The molecule has 2 fully saturated rings. The van der Waals surface area contributed by atoms with E-state index in [-0.39, 0.29) is 18.1 Å². The van der Waals surface area contributed by atoms with Crippen LogP contribution >= 0.6 is 0 Å². The molecule has 1 aliphatic carbocycles. The number of esters is 1. The number of rotatable bonds is 7. The summed E-state index contributed by atoms with van der Waals surface area (Å²) in [6.07, 6.45) is 3.98. The van der Waals surface area contributed by atoms with Gasteiger partial charge >= 0.3 is 5.97 Å². The summed E-state index contributed by atoms with van der Waals surface area (Å²) in [5, 5.41) is 8.32. The number of nitrogens with zero attached hydrogens (tertiary/aromatic N) is 3. The molecule has 0 amide bonds. The minimum Gasteiger partial charge on any atom is -0.466 e. The molecule has 1 aliphatic heterocycles. The van der Waals surface area contributed by atoms with Crippen molar-refractivity contribution in [2.24, 2.45) is 0 Å². The van der Waals surface area contributed by atoms with E-state index in [0.29, 0.717) is 19.1 Å². The summed E-state index contributed by atoms with van der Waals surface area (Å²) in [6.45, 7) is 3.97. The molecule has 23 heavy (non-hydrogen) atoms. The fourth-order valence-corrected chi connectivity index (χ4v) is 2.92. The third-order valence-electron chi connectivity index (χ3n) is 4.37. The highest BCUT2D eigenvalue weighted by molar-refractivity contribution is 5.96. The lowest BCUT2D eigenvalue weighted by Gasteiger charge is -2.29. The van der Waals surface area contributed by atoms with Crippen molar-refractivity contribution < 1.29 is 18.7 Å². The molecule has 0 N–H and O–H groups in total. The summed E-state index contributed by atoms with van der Waals surface area (Å²) in [5.41, 5.74) is 0. The highest BCUT2D eigenvalue weighted by Gasteiger charge is 2.32. The molecule has 1 saturated heterocycles. The smallest absolute Gasteiger partial charge is 0.313 e. The Kier molecular flexibility index (Phi) is 5.05. The Hall–Kier alpha value is -1.76. The highest BCUT2D eigenvalue weighted by atomic mass is 16.5. The number of carbonyl (C=O) groups is 2. The van der Waals surface area contributed by atoms with Crippen molar-refractivity contribution in [1.82, 2.24) is 15.1 Å². The molecule has 3 rings (SSSR count). The van der Waals surface area contributed by atoms with E-state index in [4.69, 9.17) is 9.15 Å². The number of Topliss-reactive ketones (excluding diaryl/α,β-unsaturated/α-hetero) is 1. The Bertz CT molecular complexity index is 559. The number of ketones is 1. The van der Waals surface area contributed by atoms with Crippen LogP contribution in [0.15, 0.2) is 4.42 Å². The van der Waals surface area contributed by atoms with Gasteiger partial charge in [-0.1, -0.05) is 0 Å². The second-order valence-corrected chi connectivity index (χ2v) is 6.32. The van der Waals surface area contributed by atoms with Crippen molar-refractivity contribution in [3.05, 3.63) is 11.8 Å². The molecule has 1 aromatic rings. The number of piperidine rings is 1. The maximum absolute atomic E-state index is 11.8. The highest BCUT2D eigenvalue weighted by Crippen LogP contribution is 2.40. The van der Waals surface area contributed by atoms with E-state index in [2.05, 4.69) is 15.1 Å². The second kappa shape index (κ2) is 7.21. The van der Waals surface area contributed by atoms with E-state index in [1.165, 1.54) is 0 Å². The van der Waals surface area contributed by atoms with Gasteiger partial charge in [0.1, 0.15) is 6.42 Å². The van der Waals surface area contributed by atoms with Crippen LogP contribution in [0, 0.1) is 0 Å². The Labute approximate surface area is 135 Å². The molecule has 0 bridgehead atoms. The lowest BCUT2D eigenvalue weighted by atomic mass is 9.96. The Morgan fingerprint density at radius 2 is 1.74 bits per heavy atom. The summed E-state index contributed by atoms with van der Waals surface area (Å²) < 4.78 is 10.6. The standard InChI is InChI=1S/C16H23N3O4/c1-2-22-14(21)9-13(20)10-19-7-5-12(6-8-19)16-18-17-15(23-16)11-3-4-11/h11-12H,2-10H2,1H3. The van der Waals surface area contributed by atoms with Crippen molar-refractivity contribution >= 4 is 11.8 Å². The van der Waals surface area contributed by atoms with Gasteiger partial charge in [-0.3, -0.25) is 14.5 Å². The molecule has 0 aromatic carbocycles. The zero-order chi connectivity index (χ0) is 16.2. The van der Waals surface area contributed by atoms with Gasteiger partial charge in [-0.05, 0) is 45.7 Å². The van der Waals surface area contributed by atoms with Crippen LogP contribution in [0.4, 0.5) is 0 Å². The SMILES string of the molecule is CCOC(=O)CC(=O)CN1CCC(c2nnc(C3CC3)o2)CC1. The molecular formula is C16H23N3O4. The van der Waals surface area contributed by atoms with Crippen molar-refractivity contribution in [3.63, 3.8) is 0 Å². The first-order valence-corrected chi connectivity index (χ1v) is 8.38. The predicted molar refractivity (Wildman–Crippen MR) is 80.9 cm³/mol. The molecule has 0 radical (unpaired) electrons. The van der Waals surface area contributed by atoms with Crippen molar-refractivity contribution in [2.75, 3.05) is 26.2 Å². The zero-order valence-electron chi connectivity index (χ0n) is 13.5. The number of hydrogen-bond acceptors (Lipinski definition) is 7. The average Bonchev–Trinajstić information content (AvgIpc) is 3.26. The Morgan fingerprint density at radius 3 is 2.30 bits per heavy atom. The lowest BCUT2D eigenvalue weighted by Crippen LogP contribution is -2.37. The van der Waals surface area contributed by atoms with E-state index in [1.54, 1.807) is 6.92 Å². The topological polar surface area (TPSA) is 85.5 Å². The first-order chi connectivity index (χ1) is 11.2. The molecule has 0 spiro atoms. The summed E-state index contributed by atoms with van der Waals surface area (Å²) in [5.74, 6) is 1.77. The van der Waals surface area contributed by atoms with Crippen LogP contribution < -0.4 is 0 Å². The van der Waals surface area contributed by atoms with Crippen LogP contribution in [0.3, 0.4) is 0 Å². The van der Waals surface area contributed by atoms with Gasteiger partial charge in [0.05, 0.1) is 13.2 Å². The molecule has 2 aliphatic rings. The van der Waals surface area contributed by atoms with E-state index < -0.39 is 5.97 Å². The Morgan fingerprint density at radius 1 is 1.13 bits per heavy atom. The summed E-state index contributed by atoms with van der Waals surface area (Å²) in [4.78, 5) is 25.2. The van der Waals surface area contributed by atoms with Crippen molar-refractivity contribution in [1.29, 1.82) is 0 Å². The van der Waals surface area contributed by atoms with Crippen LogP contribution in [0.1, 0.15) is 62.6 Å². The number of carbonyl (C=O) groups excluding carboxylic acids is 2. The quantitative estimate of drug-likeness (QED) is 0.557. The van der Waals surface area contributed by atoms with Gasteiger partial charge in [0, 0.05) is 11.8 Å². The number of hydrogen-bond donors (Lipinski definition) is 0. The summed E-state index contributed by atoms with van der Waals surface area (Å²) in [7, 11) is 0. The fraction of sp³-hybridized carbons (Fsp3) is 0.750. The fourth-order valence-electron chi connectivity index (χ4n) is 2.92. The van der Waals surface area contributed by atoms with Crippen LogP contribution in [0.5, 0.6) is 0 Å². The Balaban J connectivity index is 1.42. The minimum absolute atomic E-state index is 0.0873. The molecule has 1 aromatic heterocycles. The third-order valence-corrected chi connectivity index (χ3v) is 4.37. The summed E-state index contributed by atoms with van der Waals surface area (Å²) in [6, 6.07) is 0. The molecule has 2 heterocycles. The van der Waals surface area contributed by atoms with Crippen LogP contribution in [-0.2, 0) is 14.3 Å². The maximum Gasteiger partial charge on any atom is 0.313 e. The predicted octanol–water partition coefficient (Wildman–Crippen LogP) is 1.65. The van der Waals surface area contributed by atoms with Gasteiger partial charge in [-0.15, -0.1) is 10.2 Å². The number of ether oxygens (including phenoxy) is 1. The largest absolute Gasteiger partial charge is 0.466 e. The molecule has 7 heteroatoms. The average molecular weight is 321 g/mol. The number of likely N-dealkylation sites (tertiary alicyclic amines) is 1. The summed E-state index contributed by atoms with van der Waals surface area (Å²) >= 11 is 0. The van der Waals surface area contributed by atoms with Crippen LogP contribution in [0.25, 0.3) is 0 Å². The second-order valence-electron chi connectivity index (χ2n) is 6.32. The van der Waals surface area contributed by atoms with Crippen LogP contribution in [0.2, 0.25) is 0 Å². The maximum atomic E-state index is 11.8. The monoisotopic (exact) mass is 321 g/mol. The van der Waals surface area contributed by atoms with E-state index in [0.717, 1.165) is 50.6 Å². The van der Waals surface area contributed by atoms with Gasteiger partial charge in [0.2, 0.25) is 11.8 Å². The van der Waals surface area contributed by atoms with Gasteiger partial charge in [0.25, 0.3) is 0 Å². The molecule has 0 unspecified atom stereocenters. The van der Waals surface area contributed by atoms with Gasteiger partial charge in [-0.2, -0.15) is 0 Å². The molecule has 0 atom stereocenters. The molecule has 126 valence electrons. The van der Waals surface area contributed by atoms with E-state index in [9.17, 15) is 9.59 Å². The lowest BCUT2D eigenvalue weighted by molar-refractivity contribution is -0.145. The van der Waals surface area contributed by atoms with Gasteiger partial charge in [-0.25, -0.2) is 0 Å². The first kappa shape index (κ1) is 16.1. The van der Waals surface area contributed by atoms with Crippen LogP contribution in [-0.4, -0.2) is 53.1 Å². The number of aromatic nitrogens is 2. The minimum atomic E-state index is -0.439. The van der Waals surface area contributed by atoms with Crippen molar-refractivity contribution in [3.8, 4) is 0 Å². The molecular weight excluding hydrogens is 298 g/mol. The first-order valence-electron chi connectivity index (χ1n) is 8.38. The van der Waals surface area contributed by atoms with Gasteiger partial charge < -0.3 is 9.15 Å². The van der Waals surface area contributed by atoms with E-state index in [1.807, 2.05) is 0 Å². The normalized spacial score (nSPS) is 19.7. The van der Waals surface area contributed by atoms with Gasteiger partial charge in [0.15, 0.2) is 5.78 Å². The van der Waals surface area contributed by atoms with Crippen molar-refractivity contribution in [2.45, 2.75) is 50.9 Å². The molecule has 7 nitrogen and oxygen atoms in total. The zero-order valence-corrected chi connectivity index (χ0v) is 13.5. The third kappa shape index (κ3) is 4.37. The molecule has 1 saturated carbocycles.